The molecule has 0 heterocycles. The Kier molecular flexibility index (Phi) is 4.04. The number of thioether (sulfide) groups is 1. The summed E-state index contributed by atoms with van der Waals surface area (Å²) in [7, 11) is 0. The van der Waals surface area contributed by atoms with Crippen molar-refractivity contribution in [2.45, 2.75) is 16.8 Å². The van der Waals surface area contributed by atoms with E-state index in [0.717, 1.165) is 22.6 Å². The molecule has 0 fully saturated rings. The molecule has 0 amide bonds. The monoisotopic (exact) mass is 283 g/mol. The summed E-state index contributed by atoms with van der Waals surface area (Å²) >= 11 is 1.51. The molecule has 0 radical (unpaired) electrons. The summed E-state index contributed by atoms with van der Waals surface area (Å²) in [4.78, 5) is 0.933. The maximum absolute atomic E-state index is 12.4. The topological polar surface area (TPSA) is 26.0 Å². The number of benzene rings is 2. The van der Waals surface area contributed by atoms with Gasteiger partial charge in [0.15, 0.2) is 0 Å². The van der Waals surface area contributed by atoms with E-state index in [0.29, 0.717) is 11.4 Å². The van der Waals surface area contributed by atoms with Crippen molar-refractivity contribution < 1.29 is 13.2 Å². The SMILES string of the molecule is Nc1ccccc1SCc1ccc(C(F)(F)F)cc1. The molecule has 2 aromatic rings. The summed E-state index contributed by atoms with van der Waals surface area (Å²) in [5.41, 5.74) is 6.69. The summed E-state index contributed by atoms with van der Waals surface area (Å²) in [5, 5.41) is 0. The van der Waals surface area contributed by atoms with Gasteiger partial charge >= 0.3 is 6.18 Å². The molecule has 1 nitrogen and oxygen atoms in total. The Morgan fingerprint density at radius 3 is 2.16 bits per heavy atom. The minimum atomic E-state index is -4.28. The van der Waals surface area contributed by atoms with Crippen LogP contribution in [0.25, 0.3) is 0 Å². The smallest absolute Gasteiger partial charge is 0.398 e. The lowest BCUT2D eigenvalue weighted by molar-refractivity contribution is -0.137. The van der Waals surface area contributed by atoms with Gasteiger partial charge in [-0.2, -0.15) is 13.2 Å². The zero-order valence-electron chi connectivity index (χ0n) is 9.95. The van der Waals surface area contributed by atoms with Crippen molar-refractivity contribution in [2.24, 2.45) is 0 Å². The minimum absolute atomic E-state index is 0.590. The summed E-state index contributed by atoms with van der Waals surface area (Å²) in [6, 6.07) is 12.6. The molecule has 0 aliphatic heterocycles. The Bertz CT molecular complexity index is 549. The van der Waals surface area contributed by atoms with Crippen LogP contribution in [0.1, 0.15) is 11.1 Å². The molecule has 19 heavy (non-hydrogen) atoms. The number of rotatable bonds is 3. The van der Waals surface area contributed by atoms with Crippen LogP contribution in [0, 0.1) is 0 Å². The molecule has 0 aliphatic rings. The summed E-state index contributed by atoms with van der Waals surface area (Å²) in [6.07, 6.45) is -4.28. The molecule has 5 heteroatoms. The van der Waals surface area contributed by atoms with E-state index < -0.39 is 11.7 Å². The van der Waals surface area contributed by atoms with E-state index in [2.05, 4.69) is 0 Å². The molecule has 2 rings (SSSR count). The lowest BCUT2D eigenvalue weighted by Gasteiger charge is -2.08. The van der Waals surface area contributed by atoms with Crippen LogP contribution in [-0.4, -0.2) is 0 Å². The van der Waals surface area contributed by atoms with Crippen LogP contribution in [-0.2, 0) is 11.9 Å². The summed E-state index contributed by atoms with van der Waals surface area (Å²) in [6.45, 7) is 0. The molecule has 0 bridgehead atoms. The molecule has 2 aromatic carbocycles. The van der Waals surface area contributed by atoms with Gasteiger partial charge in [0.05, 0.1) is 5.56 Å². The summed E-state index contributed by atoms with van der Waals surface area (Å²) in [5.74, 6) is 0.590. The van der Waals surface area contributed by atoms with Gasteiger partial charge in [-0.1, -0.05) is 24.3 Å². The second kappa shape index (κ2) is 5.57. The Hall–Kier alpha value is -1.62. The van der Waals surface area contributed by atoms with E-state index in [1.165, 1.54) is 23.9 Å². The van der Waals surface area contributed by atoms with E-state index in [1.807, 2.05) is 18.2 Å². The van der Waals surface area contributed by atoms with Crippen molar-refractivity contribution in [2.75, 3.05) is 5.73 Å². The third kappa shape index (κ3) is 3.67. The zero-order valence-corrected chi connectivity index (χ0v) is 10.8. The molecule has 0 atom stereocenters. The maximum Gasteiger partial charge on any atom is 0.416 e. The molecular formula is C14H12F3NS. The van der Waals surface area contributed by atoms with Crippen molar-refractivity contribution in [3.63, 3.8) is 0 Å². The average Bonchev–Trinajstić information content (AvgIpc) is 2.37. The molecule has 0 aliphatic carbocycles. The highest BCUT2D eigenvalue weighted by Gasteiger charge is 2.29. The lowest BCUT2D eigenvalue weighted by atomic mass is 10.1. The predicted molar refractivity (Wildman–Crippen MR) is 71.9 cm³/mol. The molecule has 2 N–H and O–H groups in total. The van der Waals surface area contributed by atoms with Gasteiger partial charge in [0.2, 0.25) is 0 Å². The van der Waals surface area contributed by atoms with Gasteiger partial charge in [0.25, 0.3) is 0 Å². The predicted octanol–water partition coefficient (Wildman–Crippen LogP) is 4.58. The van der Waals surface area contributed by atoms with Crippen LogP contribution in [0.15, 0.2) is 53.4 Å². The van der Waals surface area contributed by atoms with Crippen molar-refractivity contribution in [3.05, 3.63) is 59.7 Å². The minimum Gasteiger partial charge on any atom is -0.398 e. The number of hydrogen-bond donors (Lipinski definition) is 1. The number of nitrogen functional groups attached to an aromatic ring is 1. The fourth-order valence-electron chi connectivity index (χ4n) is 1.56. The van der Waals surface area contributed by atoms with Crippen LogP contribution in [0.3, 0.4) is 0 Å². The molecular weight excluding hydrogens is 271 g/mol. The number of para-hydroxylation sites is 1. The molecule has 0 saturated heterocycles. The normalized spacial score (nSPS) is 11.5. The molecule has 0 saturated carbocycles. The Morgan fingerprint density at radius 2 is 1.58 bits per heavy atom. The van der Waals surface area contributed by atoms with Gasteiger partial charge in [-0.3, -0.25) is 0 Å². The number of anilines is 1. The van der Waals surface area contributed by atoms with Crippen molar-refractivity contribution >= 4 is 17.4 Å². The Morgan fingerprint density at radius 1 is 0.947 bits per heavy atom. The van der Waals surface area contributed by atoms with Crippen LogP contribution in [0.2, 0.25) is 0 Å². The second-order valence-corrected chi connectivity index (χ2v) is 5.04. The molecule has 0 aromatic heterocycles. The maximum atomic E-state index is 12.4. The van der Waals surface area contributed by atoms with E-state index in [1.54, 1.807) is 6.07 Å². The lowest BCUT2D eigenvalue weighted by Crippen LogP contribution is -2.04. The van der Waals surface area contributed by atoms with Gasteiger partial charge in [0, 0.05) is 16.3 Å². The Balaban J connectivity index is 2.03. The number of nitrogens with two attached hydrogens (primary N) is 1. The third-order valence-corrected chi connectivity index (χ3v) is 3.76. The highest BCUT2D eigenvalue weighted by Crippen LogP contribution is 2.31. The quantitative estimate of drug-likeness (QED) is 0.659. The molecule has 0 spiro atoms. The van der Waals surface area contributed by atoms with Gasteiger partial charge in [-0.05, 0) is 29.8 Å². The second-order valence-electron chi connectivity index (χ2n) is 4.02. The largest absolute Gasteiger partial charge is 0.416 e. The Labute approximate surface area is 113 Å². The number of hydrogen-bond acceptors (Lipinski definition) is 2. The van der Waals surface area contributed by atoms with Gasteiger partial charge in [-0.25, -0.2) is 0 Å². The standard InChI is InChI=1S/C14H12F3NS/c15-14(16,17)11-7-5-10(6-8-11)9-19-13-4-2-1-3-12(13)18/h1-8H,9,18H2. The first-order chi connectivity index (χ1) is 8.97. The van der Waals surface area contributed by atoms with Crippen molar-refractivity contribution in [1.29, 1.82) is 0 Å². The van der Waals surface area contributed by atoms with Crippen molar-refractivity contribution in [1.82, 2.24) is 0 Å². The third-order valence-electron chi connectivity index (χ3n) is 2.59. The molecule has 0 unspecified atom stereocenters. The fourth-order valence-corrected chi connectivity index (χ4v) is 2.49. The van der Waals surface area contributed by atoms with E-state index in [-0.39, 0.29) is 0 Å². The van der Waals surface area contributed by atoms with Crippen LogP contribution in [0.4, 0.5) is 18.9 Å². The first kappa shape index (κ1) is 13.8. The van der Waals surface area contributed by atoms with E-state index in [9.17, 15) is 13.2 Å². The van der Waals surface area contributed by atoms with Gasteiger partial charge in [0.1, 0.15) is 0 Å². The first-order valence-electron chi connectivity index (χ1n) is 5.60. The first-order valence-corrected chi connectivity index (χ1v) is 6.59. The van der Waals surface area contributed by atoms with Crippen LogP contribution in [0.5, 0.6) is 0 Å². The van der Waals surface area contributed by atoms with E-state index >= 15 is 0 Å². The average molecular weight is 283 g/mol. The van der Waals surface area contributed by atoms with Crippen molar-refractivity contribution in [3.8, 4) is 0 Å². The highest BCUT2D eigenvalue weighted by atomic mass is 32.2. The molecule has 100 valence electrons. The zero-order chi connectivity index (χ0) is 13.9. The number of alkyl halides is 3. The number of halogens is 3. The van der Waals surface area contributed by atoms with Crippen LogP contribution < -0.4 is 5.73 Å². The fraction of sp³-hybridized carbons (Fsp3) is 0.143. The van der Waals surface area contributed by atoms with Gasteiger partial charge in [-0.15, -0.1) is 11.8 Å². The summed E-state index contributed by atoms with van der Waals surface area (Å²) < 4.78 is 37.2. The highest BCUT2D eigenvalue weighted by molar-refractivity contribution is 7.98. The van der Waals surface area contributed by atoms with Gasteiger partial charge < -0.3 is 5.73 Å². The van der Waals surface area contributed by atoms with E-state index in [4.69, 9.17) is 5.73 Å². The van der Waals surface area contributed by atoms with Crippen LogP contribution >= 0.6 is 11.8 Å².